The Morgan fingerprint density at radius 1 is 0.769 bits per heavy atom. The van der Waals surface area contributed by atoms with E-state index in [-0.39, 0.29) is 97.8 Å². The van der Waals surface area contributed by atoms with E-state index in [1.54, 1.807) is 52.3 Å². The SMILES string of the molecule is [C-]#[N+]CCOP(O[C@@H]1C[C@H](n2cnc3c(=O)[nH]c(NC(=O)C(C)C)nc32)O[C@@H]1COP(=O)(OCC[N+]#[C-])O[C@@H]1C[C@H](n2cc(C#CCNC(=O)Cc3ccc(O[Si](C)(C)C(C)(C)C)cc3)c(=O)[nH]c2=O)O[C@@H]1COC(c1ccccc1)(c1ccc(OC)cc1)c1ccc(OC)cc1)N(C(C)C)C(C)C. The number of nitrogens with one attached hydrogen (secondary N) is 4. The van der Waals surface area contributed by atoms with Crippen molar-refractivity contribution in [1.82, 2.24) is 39.1 Å². The molecule has 554 valence electrons. The van der Waals surface area contributed by atoms with E-state index < -0.39 is 109 Å². The minimum Gasteiger partial charge on any atom is -0.544 e. The molecule has 4 aromatic carbocycles. The monoisotopic (exact) mass is 1480 g/mol. The third-order valence-corrected chi connectivity index (χ3v) is 25.8. The first-order chi connectivity index (χ1) is 49.6. The summed E-state index contributed by atoms with van der Waals surface area (Å²) in [5.41, 5.74) is -1.23. The van der Waals surface area contributed by atoms with Gasteiger partial charge in [-0.05, 0) is 104 Å². The number of carbonyl (C=O) groups excluding carboxylic acids is 2. The molecule has 2 aliphatic rings. The summed E-state index contributed by atoms with van der Waals surface area (Å²) in [5, 5.41) is 5.41. The highest BCUT2D eigenvalue weighted by Crippen LogP contribution is 2.56. The van der Waals surface area contributed by atoms with Crippen molar-refractivity contribution in [2.75, 3.05) is 65.6 Å². The Morgan fingerprint density at radius 3 is 1.95 bits per heavy atom. The van der Waals surface area contributed by atoms with Gasteiger partial charge in [0.15, 0.2) is 11.2 Å². The van der Waals surface area contributed by atoms with Gasteiger partial charge in [0.1, 0.15) is 72.4 Å². The minimum atomic E-state index is -4.98. The number of nitrogens with zero attached hydrogens (tertiary/aromatic N) is 7. The van der Waals surface area contributed by atoms with Gasteiger partial charge < -0.3 is 52.2 Å². The third kappa shape index (κ3) is 19.6. The zero-order valence-corrected chi connectivity index (χ0v) is 63.5. The van der Waals surface area contributed by atoms with Crippen LogP contribution in [-0.4, -0.2) is 151 Å². The average molecular weight is 1480 g/mol. The van der Waals surface area contributed by atoms with Gasteiger partial charge in [-0.2, -0.15) is 4.98 Å². The summed E-state index contributed by atoms with van der Waals surface area (Å²) in [7, 11) is -5.92. The lowest BCUT2D eigenvalue weighted by Gasteiger charge is -2.37. The van der Waals surface area contributed by atoms with Crippen LogP contribution in [0.25, 0.3) is 20.9 Å². The number of imidazole rings is 1. The van der Waals surface area contributed by atoms with Gasteiger partial charge in [0.2, 0.25) is 39.2 Å². The fourth-order valence-electron chi connectivity index (χ4n) is 11.5. The van der Waals surface area contributed by atoms with E-state index >= 15 is 4.57 Å². The topological polar surface area (TPSA) is 307 Å². The van der Waals surface area contributed by atoms with Crippen LogP contribution in [0.1, 0.15) is 115 Å². The van der Waals surface area contributed by atoms with Crippen LogP contribution in [0, 0.1) is 30.9 Å². The van der Waals surface area contributed by atoms with E-state index in [4.69, 9.17) is 63.9 Å². The Hall–Kier alpha value is -8.69. The molecule has 2 amide bonds. The van der Waals surface area contributed by atoms with Crippen LogP contribution in [0.2, 0.25) is 18.1 Å². The van der Waals surface area contributed by atoms with Gasteiger partial charge in [-0.25, -0.2) is 32.2 Å². The number of carbonyl (C=O) groups is 2. The molecule has 0 spiro atoms. The number of phosphoric acid groups is 1. The fourth-order valence-corrected chi connectivity index (χ4v) is 15.6. The molecule has 0 bridgehead atoms. The number of H-pyrrole nitrogens is 2. The van der Waals surface area contributed by atoms with E-state index in [9.17, 15) is 24.0 Å². The number of aromatic nitrogens is 6. The molecule has 0 saturated carbocycles. The summed E-state index contributed by atoms with van der Waals surface area (Å²) in [6, 6.07) is 31.2. The second kappa shape index (κ2) is 35.4. The molecule has 2 fully saturated rings. The quantitative estimate of drug-likeness (QED) is 0.00742. The summed E-state index contributed by atoms with van der Waals surface area (Å²) >= 11 is 0. The van der Waals surface area contributed by atoms with E-state index in [1.165, 1.54) is 17.1 Å². The smallest absolute Gasteiger partial charge is 0.475 e. The van der Waals surface area contributed by atoms with Crippen LogP contribution in [0.5, 0.6) is 17.2 Å². The Morgan fingerprint density at radius 2 is 1.36 bits per heavy atom. The summed E-state index contributed by atoms with van der Waals surface area (Å²) in [5.74, 6) is 6.18. The third-order valence-electron chi connectivity index (χ3n) is 17.8. The average Bonchev–Trinajstić information content (AvgIpc) is 1.68. The predicted octanol–water partition coefficient (Wildman–Crippen LogP) is 11.1. The lowest BCUT2D eigenvalue weighted by Crippen LogP contribution is -2.43. The normalized spacial score (nSPS) is 18.6. The lowest BCUT2D eigenvalue weighted by atomic mass is 9.80. The van der Waals surface area contributed by atoms with E-state index in [2.05, 4.69) is 86.0 Å². The van der Waals surface area contributed by atoms with E-state index in [0.717, 1.165) is 15.9 Å². The lowest BCUT2D eigenvalue weighted by molar-refractivity contribution is -0.120. The summed E-state index contributed by atoms with van der Waals surface area (Å²) in [4.78, 5) is 88.1. The summed E-state index contributed by atoms with van der Waals surface area (Å²) in [6.07, 6.45) is -4.63. The highest BCUT2D eigenvalue weighted by Gasteiger charge is 2.49. The number of anilines is 1. The molecule has 2 saturated heterocycles. The van der Waals surface area contributed by atoms with Crippen LogP contribution < -0.4 is 41.3 Å². The van der Waals surface area contributed by atoms with E-state index in [0.29, 0.717) is 28.2 Å². The Balaban J connectivity index is 1.06. The number of benzene rings is 4. The van der Waals surface area contributed by atoms with Crippen LogP contribution in [-0.2, 0) is 63.0 Å². The number of fused-ring (bicyclic) bond motifs is 1. The van der Waals surface area contributed by atoms with Crippen molar-refractivity contribution in [3.63, 3.8) is 0 Å². The highest BCUT2D eigenvalue weighted by molar-refractivity contribution is 7.48. The van der Waals surface area contributed by atoms with Gasteiger partial charge in [0.25, 0.3) is 19.6 Å². The molecule has 9 rings (SSSR count). The molecule has 0 aliphatic carbocycles. The first kappa shape index (κ1) is 79.4. The van der Waals surface area contributed by atoms with Gasteiger partial charge in [-0.15, -0.1) is 0 Å². The number of amides is 2. The van der Waals surface area contributed by atoms with Crippen molar-refractivity contribution in [3.8, 4) is 29.1 Å². The molecule has 104 heavy (non-hydrogen) atoms. The molecule has 5 heterocycles. The number of hydrogen-bond acceptors (Lipinski definition) is 20. The second-order valence-corrected chi connectivity index (χ2v) is 34.9. The molecular formula is C73H91N11O17P2Si. The molecule has 2 aliphatic heterocycles. The van der Waals surface area contributed by atoms with Crippen molar-refractivity contribution < 1.29 is 64.9 Å². The van der Waals surface area contributed by atoms with Gasteiger partial charge >= 0.3 is 13.5 Å². The van der Waals surface area contributed by atoms with Crippen molar-refractivity contribution >= 4 is 53.6 Å². The predicted molar refractivity (Wildman–Crippen MR) is 393 cm³/mol. The zero-order chi connectivity index (χ0) is 75.1. The number of methoxy groups -OCH3 is 2. The first-order valence-electron chi connectivity index (χ1n) is 34.2. The molecular weight excluding hydrogens is 1390 g/mol. The number of ether oxygens (including phenoxy) is 5. The molecule has 3 aromatic heterocycles. The van der Waals surface area contributed by atoms with Crippen molar-refractivity contribution in [2.45, 2.75) is 154 Å². The highest BCUT2D eigenvalue weighted by atomic mass is 31.2. The molecule has 31 heteroatoms. The van der Waals surface area contributed by atoms with Crippen LogP contribution in [0.15, 0.2) is 130 Å². The number of phosphoric ester groups is 1. The Kier molecular flexibility index (Phi) is 27.0. The summed E-state index contributed by atoms with van der Waals surface area (Å²) < 4.78 is 91.6. The maximum Gasteiger partial charge on any atom is 0.475 e. The van der Waals surface area contributed by atoms with Gasteiger partial charge in [-0.1, -0.05) is 113 Å². The standard InChI is InChI=1S/C73H91N11O17P2Si/c1-47(2)67(86)79-70-78-66-65(69(88)80-70)77-46-83(66)64-41-58(99-102(94-38-36-74-10)84(48(3)4)49(5)6)61(98-64)45-96-103(90,95-39-37-75-11)100-59-42-63(82-43-51(68(87)81-71(82)89)20-19-35-76-62(85)40-50-23-29-57(30-24-50)101-104(14,15)72(7,8)9)97-60(59)44-93-73(52-21-17-16-18-22-52,53-25-31-55(91-12)32-26-53)54-27-33-56(92-13)34-28-54/h16-18,21-34,43,46-49,58-61,63-64H,35-42,44-45H2,1-9,12-15H3,(H,76,85)(H,81,87,89)(H2,78,79,80,86,88)/t58-,59-,60-,61-,63-,64-,102?,103?/m1/s1. The largest absolute Gasteiger partial charge is 0.544 e. The second-order valence-electron chi connectivity index (χ2n) is 27.2. The van der Waals surface area contributed by atoms with Crippen LogP contribution in [0.4, 0.5) is 5.95 Å². The van der Waals surface area contributed by atoms with E-state index in [1.807, 2.05) is 111 Å². The molecule has 2 unspecified atom stereocenters. The fraction of sp³-hybridized carbons (Fsp3) is 0.466. The van der Waals surface area contributed by atoms with Crippen LogP contribution >= 0.6 is 16.3 Å². The van der Waals surface area contributed by atoms with Crippen LogP contribution in [0.3, 0.4) is 0 Å². The Labute approximate surface area is 607 Å². The zero-order valence-electron chi connectivity index (χ0n) is 60.7. The van der Waals surface area contributed by atoms with Crippen molar-refractivity contribution in [2.24, 2.45) is 5.92 Å². The molecule has 28 nitrogen and oxygen atoms in total. The number of hydrogen-bond donors (Lipinski definition) is 4. The summed E-state index contributed by atoms with van der Waals surface area (Å²) in [6.45, 7) is 35.5. The molecule has 0 radical (unpaired) electrons. The Bertz CT molecular complexity index is 4410. The maximum atomic E-state index is 15.9. The number of rotatable bonds is 33. The molecule has 4 N–H and O–H groups in total. The van der Waals surface area contributed by atoms with Gasteiger partial charge in [-0.3, -0.25) is 57.2 Å². The molecule has 8 atom stereocenters. The van der Waals surface area contributed by atoms with Gasteiger partial charge in [0.05, 0.1) is 52.8 Å². The van der Waals surface area contributed by atoms with Crippen molar-refractivity contribution in [1.29, 1.82) is 0 Å². The maximum absolute atomic E-state index is 15.9. The number of aromatic amines is 2. The first-order valence-corrected chi connectivity index (χ1v) is 39.7. The molecule has 7 aromatic rings. The van der Waals surface area contributed by atoms with Crippen molar-refractivity contribution in [3.05, 3.63) is 197 Å². The minimum absolute atomic E-state index is 0.00259. The van der Waals surface area contributed by atoms with Gasteiger partial charge in [0, 0.05) is 37.0 Å².